The molecule has 5 nitrogen and oxygen atoms in total. The maximum atomic E-state index is 13.0. The molecule has 1 aromatic carbocycles. The van der Waals surface area contributed by atoms with Crippen molar-refractivity contribution in [2.45, 2.75) is 11.7 Å². The lowest BCUT2D eigenvalue weighted by Crippen LogP contribution is -2.13. The Labute approximate surface area is 143 Å². The number of benzene rings is 1. The number of H-pyrrole nitrogens is 1. The van der Waals surface area contributed by atoms with Crippen LogP contribution in [0.4, 0.5) is 10.1 Å². The molecule has 0 aliphatic carbocycles. The van der Waals surface area contributed by atoms with Gasteiger partial charge in [-0.1, -0.05) is 0 Å². The summed E-state index contributed by atoms with van der Waals surface area (Å²) < 4.78 is 13.0. The Morgan fingerprint density at radius 2 is 1.92 bits per heavy atom. The maximum absolute atomic E-state index is 13.0. The largest absolute Gasteiger partial charge is 0.323 e. The first-order chi connectivity index (χ1) is 11.6. The number of hydrogen-bond acceptors (Lipinski definition) is 4. The van der Waals surface area contributed by atoms with Gasteiger partial charge in [0.25, 0.3) is 0 Å². The van der Waals surface area contributed by atoms with Crippen molar-refractivity contribution in [1.82, 2.24) is 15.2 Å². The lowest BCUT2D eigenvalue weighted by Gasteiger charge is -2.11. The lowest BCUT2D eigenvalue weighted by atomic mass is 10.1. The fraction of sp³-hybridized carbons (Fsp3) is 0.118. The highest BCUT2D eigenvalue weighted by atomic mass is 32.1. The van der Waals surface area contributed by atoms with Crippen LogP contribution in [0.1, 0.15) is 17.2 Å². The number of aromatic amines is 1. The van der Waals surface area contributed by atoms with Gasteiger partial charge in [0.1, 0.15) is 5.82 Å². The zero-order valence-electron chi connectivity index (χ0n) is 12.6. The predicted molar refractivity (Wildman–Crippen MR) is 93.2 cm³/mol. The van der Waals surface area contributed by atoms with Gasteiger partial charge in [0.05, 0.1) is 17.6 Å². The molecule has 0 aliphatic heterocycles. The number of carbonyl (C=O) groups is 1. The minimum Gasteiger partial charge on any atom is -0.323 e. The minimum absolute atomic E-state index is 0.184. The first-order valence-corrected chi connectivity index (χ1v) is 7.82. The van der Waals surface area contributed by atoms with Gasteiger partial charge in [0.2, 0.25) is 5.91 Å². The molecule has 24 heavy (non-hydrogen) atoms. The van der Waals surface area contributed by atoms with E-state index in [2.05, 4.69) is 33.1 Å². The van der Waals surface area contributed by atoms with Crippen LogP contribution in [0.25, 0.3) is 11.3 Å². The number of aromatic nitrogens is 3. The number of anilines is 1. The fourth-order valence-electron chi connectivity index (χ4n) is 2.30. The first-order valence-electron chi connectivity index (χ1n) is 7.30. The molecule has 2 aromatic heterocycles. The Hall–Kier alpha value is -2.67. The number of nitrogens with one attached hydrogen (secondary N) is 2. The molecule has 122 valence electrons. The van der Waals surface area contributed by atoms with E-state index in [4.69, 9.17) is 0 Å². The van der Waals surface area contributed by atoms with Crippen molar-refractivity contribution < 1.29 is 9.18 Å². The van der Waals surface area contributed by atoms with E-state index in [-0.39, 0.29) is 23.4 Å². The molecule has 2 N–H and O–H groups in total. The number of rotatable bonds is 5. The summed E-state index contributed by atoms with van der Waals surface area (Å²) in [7, 11) is 0. The van der Waals surface area contributed by atoms with E-state index in [9.17, 15) is 9.18 Å². The average Bonchev–Trinajstić information content (AvgIpc) is 3.04. The van der Waals surface area contributed by atoms with Crippen molar-refractivity contribution in [3.8, 4) is 11.3 Å². The Morgan fingerprint density at radius 1 is 1.21 bits per heavy atom. The van der Waals surface area contributed by atoms with Gasteiger partial charge < -0.3 is 5.32 Å². The van der Waals surface area contributed by atoms with E-state index < -0.39 is 0 Å². The minimum atomic E-state index is -0.320. The quantitative estimate of drug-likeness (QED) is 0.620. The summed E-state index contributed by atoms with van der Waals surface area (Å²) in [6.45, 7) is 0. The summed E-state index contributed by atoms with van der Waals surface area (Å²) in [5.74, 6) is -0.504. The van der Waals surface area contributed by atoms with Crippen LogP contribution >= 0.6 is 12.6 Å². The molecule has 1 amide bonds. The third-order valence-corrected chi connectivity index (χ3v) is 4.00. The molecule has 2 heterocycles. The van der Waals surface area contributed by atoms with Crippen LogP contribution in [-0.2, 0) is 4.79 Å². The molecule has 1 unspecified atom stereocenters. The smallest absolute Gasteiger partial charge is 0.225 e. The second-order valence-corrected chi connectivity index (χ2v) is 5.84. The van der Waals surface area contributed by atoms with Gasteiger partial charge in [-0.15, -0.1) is 0 Å². The van der Waals surface area contributed by atoms with E-state index in [1.165, 1.54) is 18.3 Å². The summed E-state index contributed by atoms with van der Waals surface area (Å²) in [5.41, 5.74) is 2.83. The third kappa shape index (κ3) is 3.80. The van der Waals surface area contributed by atoms with Crippen molar-refractivity contribution in [1.29, 1.82) is 0 Å². The van der Waals surface area contributed by atoms with Crippen LogP contribution in [0, 0.1) is 5.82 Å². The lowest BCUT2D eigenvalue weighted by molar-refractivity contribution is -0.116. The fourth-order valence-corrected chi connectivity index (χ4v) is 2.64. The Balaban J connectivity index is 1.69. The van der Waals surface area contributed by atoms with Crippen LogP contribution in [0.3, 0.4) is 0 Å². The molecule has 3 rings (SSSR count). The summed E-state index contributed by atoms with van der Waals surface area (Å²) in [5, 5.41) is 9.35. The van der Waals surface area contributed by atoms with Crippen molar-refractivity contribution in [2.24, 2.45) is 0 Å². The second kappa shape index (κ2) is 7.27. The number of halogens is 1. The van der Waals surface area contributed by atoms with Crippen molar-refractivity contribution in [2.75, 3.05) is 5.32 Å². The molecule has 0 fully saturated rings. The summed E-state index contributed by atoms with van der Waals surface area (Å²) in [6, 6.07) is 9.61. The molecular formula is C17H15FN4OS. The number of carbonyl (C=O) groups excluding carboxylic acids is 1. The number of pyridine rings is 1. The van der Waals surface area contributed by atoms with Crippen molar-refractivity contribution in [3.63, 3.8) is 0 Å². The summed E-state index contributed by atoms with van der Waals surface area (Å²) >= 11 is 4.46. The van der Waals surface area contributed by atoms with Gasteiger partial charge in [0, 0.05) is 29.6 Å². The van der Waals surface area contributed by atoms with Gasteiger partial charge >= 0.3 is 0 Å². The van der Waals surface area contributed by atoms with Crippen LogP contribution in [0.5, 0.6) is 0 Å². The monoisotopic (exact) mass is 342 g/mol. The van der Waals surface area contributed by atoms with E-state index in [0.29, 0.717) is 11.4 Å². The molecule has 3 aromatic rings. The van der Waals surface area contributed by atoms with E-state index in [1.54, 1.807) is 24.5 Å². The molecule has 0 saturated heterocycles. The van der Waals surface area contributed by atoms with Crippen molar-refractivity contribution >= 4 is 24.2 Å². The number of amides is 1. The summed E-state index contributed by atoms with van der Waals surface area (Å²) in [6.07, 6.45) is 5.07. The molecule has 0 bridgehead atoms. The average molecular weight is 342 g/mol. The molecule has 7 heteroatoms. The van der Waals surface area contributed by atoms with Crippen LogP contribution in [0.2, 0.25) is 0 Å². The topological polar surface area (TPSA) is 70.7 Å². The number of thiol groups is 1. The van der Waals surface area contributed by atoms with E-state index in [0.717, 1.165) is 11.1 Å². The normalized spacial score (nSPS) is 11.9. The highest BCUT2D eigenvalue weighted by Crippen LogP contribution is 2.27. The Bertz CT molecular complexity index is 820. The van der Waals surface area contributed by atoms with Gasteiger partial charge in [-0.25, -0.2) is 4.39 Å². The highest BCUT2D eigenvalue weighted by Gasteiger charge is 2.15. The Morgan fingerprint density at radius 3 is 2.62 bits per heavy atom. The second-order valence-electron chi connectivity index (χ2n) is 5.21. The molecule has 0 spiro atoms. The van der Waals surface area contributed by atoms with E-state index in [1.807, 2.05) is 12.1 Å². The first kappa shape index (κ1) is 16.2. The van der Waals surface area contributed by atoms with Gasteiger partial charge in [-0.3, -0.25) is 14.9 Å². The molecule has 0 radical (unpaired) electrons. The van der Waals surface area contributed by atoms with Gasteiger partial charge in [-0.2, -0.15) is 17.7 Å². The van der Waals surface area contributed by atoms with Crippen LogP contribution < -0.4 is 5.32 Å². The van der Waals surface area contributed by atoms with Gasteiger partial charge in [0.15, 0.2) is 0 Å². The molecular weight excluding hydrogens is 327 g/mol. The van der Waals surface area contributed by atoms with Crippen LogP contribution in [-0.4, -0.2) is 21.1 Å². The molecule has 0 aliphatic rings. The number of hydrogen-bond donors (Lipinski definition) is 3. The van der Waals surface area contributed by atoms with E-state index >= 15 is 0 Å². The van der Waals surface area contributed by atoms with Gasteiger partial charge in [-0.05, 0) is 42.0 Å². The zero-order chi connectivity index (χ0) is 16.9. The SMILES string of the molecule is O=C(CC(S)c1ccncc1)Nc1cn[nH]c1-c1ccc(F)cc1. The van der Waals surface area contributed by atoms with Crippen LogP contribution in [0.15, 0.2) is 55.0 Å². The third-order valence-electron chi connectivity index (χ3n) is 3.52. The molecule has 1 atom stereocenters. The number of nitrogens with zero attached hydrogens (tertiary/aromatic N) is 2. The summed E-state index contributed by atoms with van der Waals surface area (Å²) in [4.78, 5) is 16.2. The highest BCUT2D eigenvalue weighted by molar-refractivity contribution is 7.80. The maximum Gasteiger partial charge on any atom is 0.225 e. The van der Waals surface area contributed by atoms with Crippen molar-refractivity contribution in [3.05, 3.63) is 66.4 Å². The zero-order valence-corrected chi connectivity index (χ0v) is 13.5. The Kier molecular flexibility index (Phi) is 4.90. The predicted octanol–water partition coefficient (Wildman–Crippen LogP) is 3.61. The standard InChI is InChI=1S/C17H15FN4OS/c18-13-3-1-12(2-4-13)17-14(10-20-22-17)21-16(23)9-15(24)11-5-7-19-8-6-11/h1-8,10,15,24H,9H2,(H,20,22)(H,21,23). The molecule has 0 saturated carbocycles.